The summed E-state index contributed by atoms with van der Waals surface area (Å²) in [6.45, 7) is 2.55. The number of benzene rings is 3. The third kappa shape index (κ3) is 3.64. The zero-order valence-corrected chi connectivity index (χ0v) is 15.6. The summed E-state index contributed by atoms with van der Waals surface area (Å²) in [6.07, 6.45) is 0.933. The van der Waals surface area contributed by atoms with Crippen molar-refractivity contribution >= 4 is 11.6 Å². The Kier molecular flexibility index (Phi) is 5.03. The van der Waals surface area contributed by atoms with Crippen LogP contribution in [-0.2, 0) is 11.2 Å². The van der Waals surface area contributed by atoms with Gasteiger partial charge < -0.3 is 10.2 Å². The SMILES string of the molecule is C[C@@H]1Cc2ccccc2N1C(=O)C[NH2+]C(c1ccccc1)c1ccccc1. The van der Waals surface area contributed by atoms with Gasteiger partial charge in [0, 0.05) is 22.9 Å². The maximum absolute atomic E-state index is 13.1. The molecule has 4 rings (SSSR count). The van der Waals surface area contributed by atoms with Gasteiger partial charge in [-0.05, 0) is 25.0 Å². The van der Waals surface area contributed by atoms with E-state index in [0.717, 1.165) is 12.1 Å². The van der Waals surface area contributed by atoms with Crippen LogP contribution < -0.4 is 10.2 Å². The molecule has 2 N–H and O–H groups in total. The summed E-state index contributed by atoms with van der Waals surface area (Å²) in [4.78, 5) is 15.1. The number of rotatable bonds is 5. The van der Waals surface area contributed by atoms with Crippen LogP contribution in [0.1, 0.15) is 29.7 Å². The van der Waals surface area contributed by atoms with E-state index in [1.165, 1.54) is 16.7 Å². The second kappa shape index (κ2) is 7.77. The molecule has 0 saturated carbocycles. The fourth-order valence-corrected chi connectivity index (χ4v) is 4.05. The second-order valence-corrected chi connectivity index (χ2v) is 7.18. The number of fused-ring (bicyclic) bond motifs is 1. The first-order valence-electron chi connectivity index (χ1n) is 9.57. The number of carbonyl (C=O) groups is 1. The molecule has 0 aliphatic carbocycles. The van der Waals surface area contributed by atoms with Crippen molar-refractivity contribution < 1.29 is 10.1 Å². The highest BCUT2D eigenvalue weighted by Crippen LogP contribution is 2.31. The third-order valence-corrected chi connectivity index (χ3v) is 5.32. The van der Waals surface area contributed by atoms with E-state index >= 15 is 0 Å². The van der Waals surface area contributed by atoms with E-state index in [9.17, 15) is 4.79 Å². The Labute approximate surface area is 160 Å². The quantitative estimate of drug-likeness (QED) is 0.747. The van der Waals surface area contributed by atoms with E-state index in [0.29, 0.717) is 6.54 Å². The van der Waals surface area contributed by atoms with Crippen molar-refractivity contribution in [2.45, 2.75) is 25.4 Å². The Bertz CT molecular complexity index is 868. The highest BCUT2D eigenvalue weighted by atomic mass is 16.2. The van der Waals surface area contributed by atoms with Gasteiger partial charge in [0.15, 0.2) is 6.54 Å². The number of nitrogens with zero attached hydrogens (tertiary/aromatic N) is 1. The zero-order chi connectivity index (χ0) is 18.6. The topological polar surface area (TPSA) is 36.9 Å². The van der Waals surface area contributed by atoms with Gasteiger partial charge in [-0.25, -0.2) is 0 Å². The lowest BCUT2D eigenvalue weighted by Gasteiger charge is -2.23. The van der Waals surface area contributed by atoms with E-state index in [1.54, 1.807) is 0 Å². The lowest BCUT2D eigenvalue weighted by molar-refractivity contribution is -0.676. The summed E-state index contributed by atoms with van der Waals surface area (Å²) in [7, 11) is 0. The summed E-state index contributed by atoms with van der Waals surface area (Å²) in [5.74, 6) is 0.171. The smallest absolute Gasteiger partial charge is 0.282 e. The molecule has 136 valence electrons. The molecule has 0 spiro atoms. The molecule has 3 heteroatoms. The van der Waals surface area contributed by atoms with E-state index in [-0.39, 0.29) is 18.0 Å². The highest BCUT2D eigenvalue weighted by molar-refractivity contribution is 5.96. The van der Waals surface area contributed by atoms with Crippen LogP contribution in [0.5, 0.6) is 0 Å². The fourth-order valence-electron chi connectivity index (χ4n) is 4.05. The van der Waals surface area contributed by atoms with Crippen LogP contribution >= 0.6 is 0 Å². The summed E-state index contributed by atoms with van der Waals surface area (Å²) < 4.78 is 0. The number of amides is 1. The van der Waals surface area contributed by atoms with Gasteiger partial charge in [0.25, 0.3) is 5.91 Å². The number of nitrogens with two attached hydrogens (primary N) is 1. The Balaban J connectivity index is 1.54. The largest absolute Gasteiger partial charge is 0.328 e. The Morgan fingerprint density at radius 2 is 1.48 bits per heavy atom. The average Bonchev–Trinajstić information content (AvgIpc) is 3.05. The van der Waals surface area contributed by atoms with Crippen LogP contribution in [0.4, 0.5) is 5.69 Å². The number of anilines is 1. The Hall–Kier alpha value is -2.91. The molecule has 1 amide bonds. The molecule has 3 nitrogen and oxygen atoms in total. The lowest BCUT2D eigenvalue weighted by Crippen LogP contribution is -2.88. The number of hydrogen-bond donors (Lipinski definition) is 1. The van der Waals surface area contributed by atoms with Gasteiger partial charge in [0.1, 0.15) is 6.04 Å². The summed E-state index contributed by atoms with van der Waals surface area (Å²) in [5, 5.41) is 2.15. The number of para-hydroxylation sites is 1. The first-order valence-corrected chi connectivity index (χ1v) is 9.57. The van der Waals surface area contributed by atoms with Crippen LogP contribution in [-0.4, -0.2) is 18.5 Å². The Morgan fingerprint density at radius 1 is 0.926 bits per heavy atom. The van der Waals surface area contributed by atoms with Gasteiger partial charge in [-0.15, -0.1) is 0 Å². The molecular weight excluding hydrogens is 332 g/mol. The molecule has 1 heterocycles. The molecule has 3 aromatic carbocycles. The molecule has 0 radical (unpaired) electrons. The molecule has 0 bridgehead atoms. The molecular formula is C24H25N2O+. The van der Waals surface area contributed by atoms with Crippen molar-refractivity contribution in [2.75, 3.05) is 11.4 Å². The second-order valence-electron chi connectivity index (χ2n) is 7.18. The first-order chi connectivity index (χ1) is 13.2. The summed E-state index contributed by atoms with van der Waals surface area (Å²) in [6, 6.07) is 29.4. The third-order valence-electron chi connectivity index (χ3n) is 5.32. The predicted octanol–water partition coefficient (Wildman–Crippen LogP) is 3.32. The monoisotopic (exact) mass is 357 g/mol. The van der Waals surface area contributed by atoms with Gasteiger partial charge in [-0.2, -0.15) is 0 Å². The van der Waals surface area contributed by atoms with Crippen LogP contribution in [0.25, 0.3) is 0 Å². The number of quaternary nitrogens is 1. The van der Waals surface area contributed by atoms with Gasteiger partial charge in [-0.1, -0.05) is 78.9 Å². The van der Waals surface area contributed by atoms with Gasteiger partial charge in [-0.3, -0.25) is 4.79 Å². The molecule has 3 aromatic rings. The highest BCUT2D eigenvalue weighted by Gasteiger charge is 2.32. The van der Waals surface area contributed by atoms with Crippen molar-refractivity contribution in [1.29, 1.82) is 0 Å². The van der Waals surface area contributed by atoms with Crippen LogP contribution in [0.2, 0.25) is 0 Å². The fraction of sp³-hybridized carbons (Fsp3) is 0.208. The zero-order valence-electron chi connectivity index (χ0n) is 15.6. The van der Waals surface area contributed by atoms with Crippen molar-refractivity contribution in [3.63, 3.8) is 0 Å². The minimum absolute atomic E-state index is 0.115. The molecule has 1 atom stereocenters. The predicted molar refractivity (Wildman–Crippen MR) is 109 cm³/mol. The van der Waals surface area contributed by atoms with Gasteiger partial charge >= 0.3 is 0 Å². The van der Waals surface area contributed by atoms with Crippen molar-refractivity contribution in [2.24, 2.45) is 0 Å². The molecule has 0 aromatic heterocycles. The number of hydrogen-bond acceptors (Lipinski definition) is 1. The summed E-state index contributed by atoms with van der Waals surface area (Å²) >= 11 is 0. The van der Waals surface area contributed by atoms with Gasteiger partial charge in [0.05, 0.1) is 0 Å². The van der Waals surface area contributed by atoms with E-state index in [4.69, 9.17) is 0 Å². The van der Waals surface area contributed by atoms with E-state index < -0.39 is 0 Å². The van der Waals surface area contributed by atoms with Crippen molar-refractivity contribution in [1.82, 2.24) is 0 Å². The first kappa shape index (κ1) is 17.5. The molecule has 0 saturated heterocycles. The molecule has 0 unspecified atom stereocenters. The van der Waals surface area contributed by atoms with Crippen LogP contribution in [0.15, 0.2) is 84.9 Å². The van der Waals surface area contributed by atoms with Crippen LogP contribution in [0.3, 0.4) is 0 Å². The van der Waals surface area contributed by atoms with Crippen molar-refractivity contribution in [3.05, 3.63) is 102 Å². The van der Waals surface area contributed by atoms with Crippen molar-refractivity contribution in [3.8, 4) is 0 Å². The Morgan fingerprint density at radius 3 is 2.11 bits per heavy atom. The molecule has 1 aliphatic rings. The van der Waals surface area contributed by atoms with Gasteiger partial charge in [0.2, 0.25) is 0 Å². The maximum atomic E-state index is 13.1. The lowest BCUT2D eigenvalue weighted by atomic mass is 9.99. The minimum atomic E-state index is 0.115. The minimum Gasteiger partial charge on any atom is -0.328 e. The van der Waals surface area contributed by atoms with E-state index in [2.05, 4.69) is 72.9 Å². The number of carbonyl (C=O) groups excluding carboxylic acids is 1. The normalized spacial score (nSPS) is 15.8. The standard InChI is InChI=1S/C24H24N2O/c1-18-16-21-14-8-9-15-22(21)26(18)23(27)17-25-24(19-10-4-2-5-11-19)20-12-6-3-7-13-20/h2-15,18,24-25H,16-17H2,1H3/p+1/t18-/m1/s1. The van der Waals surface area contributed by atoms with Crippen LogP contribution in [0, 0.1) is 0 Å². The molecule has 0 fully saturated rings. The van der Waals surface area contributed by atoms with E-state index in [1.807, 2.05) is 29.2 Å². The maximum Gasteiger partial charge on any atom is 0.282 e. The summed E-state index contributed by atoms with van der Waals surface area (Å²) in [5.41, 5.74) is 4.76. The molecule has 1 aliphatic heterocycles. The average molecular weight is 357 g/mol. The molecule has 27 heavy (non-hydrogen) atoms.